The van der Waals surface area contributed by atoms with E-state index in [1.165, 1.54) is 0 Å². The quantitative estimate of drug-likeness (QED) is 0.573. The van der Waals surface area contributed by atoms with Crippen LogP contribution in [0, 0.1) is 0 Å². The first-order valence-electron chi connectivity index (χ1n) is 6.37. The lowest BCUT2D eigenvalue weighted by atomic mass is 10.3. The van der Waals surface area contributed by atoms with Crippen molar-refractivity contribution in [1.29, 1.82) is 0 Å². The number of aromatic nitrogens is 4. The first kappa shape index (κ1) is 11.0. The molecule has 5 nitrogen and oxygen atoms in total. The van der Waals surface area contributed by atoms with E-state index in [1.807, 2.05) is 60.1 Å². The van der Waals surface area contributed by atoms with E-state index in [9.17, 15) is 4.79 Å². The molecule has 4 rings (SSSR count). The summed E-state index contributed by atoms with van der Waals surface area (Å²) < 4.78 is 3.53. The Morgan fingerprint density at radius 2 is 1.70 bits per heavy atom. The molecule has 1 N–H and O–H groups in total. The first-order chi connectivity index (χ1) is 9.75. The van der Waals surface area contributed by atoms with Gasteiger partial charge in [-0.15, -0.1) is 0 Å². The summed E-state index contributed by atoms with van der Waals surface area (Å²) in [5, 5.41) is 0. The number of H-pyrrole nitrogens is 1. The van der Waals surface area contributed by atoms with Gasteiger partial charge in [0.2, 0.25) is 5.95 Å². The molecule has 0 amide bonds. The van der Waals surface area contributed by atoms with Gasteiger partial charge in [-0.1, -0.05) is 24.3 Å². The number of hydrogen-bond acceptors (Lipinski definition) is 2. The number of imidazole rings is 2. The van der Waals surface area contributed by atoms with Crippen LogP contribution in [0.2, 0.25) is 0 Å². The molecule has 0 atom stereocenters. The van der Waals surface area contributed by atoms with E-state index in [0.717, 1.165) is 22.1 Å². The predicted molar refractivity (Wildman–Crippen MR) is 78.2 cm³/mol. The third kappa shape index (κ3) is 1.37. The van der Waals surface area contributed by atoms with Gasteiger partial charge >= 0.3 is 5.69 Å². The summed E-state index contributed by atoms with van der Waals surface area (Å²) in [4.78, 5) is 19.6. The number of benzene rings is 2. The predicted octanol–water partition coefficient (Wildman–Crippen LogP) is 2.21. The molecule has 0 saturated carbocycles. The molecular weight excluding hydrogens is 252 g/mol. The standard InChI is InChI=1S/C15H12N4O/c1-18-12-8-4-2-6-10(12)16-14(18)19-13-9-5-3-7-11(13)17-15(19)20/h2-9H,1H3,(H,17,20). The van der Waals surface area contributed by atoms with Crippen LogP contribution < -0.4 is 5.69 Å². The van der Waals surface area contributed by atoms with Crippen molar-refractivity contribution in [3.05, 3.63) is 59.0 Å². The van der Waals surface area contributed by atoms with E-state index in [2.05, 4.69) is 9.97 Å². The van der Waals surface area contributed by atoms with Gasteiger partial charge in [0.1, 0.15) is 0 Å². The maximum Gasteiger partial charge on any atom is 0.333 e. The van der Waals surface area contributed by atoms with Gasteiger partial charge in [0.05, 0.1) is 22.1 Å². The van der Waals surface area contributed by atoms with E-state index in [-0.39, 0.29) is 5.69 Å². The molecule has 0 spiro atoms. The first-order valence-corrected chi connectivity index (χ1v) is 6.37. The fraction of sp³-hybridized carbons (Fsp3) is 0.0667. The van der Waals surface area contributed by atoms with Gasteiger partial charge < -0.3 is 9.55 Å². The minimum atomic E-state index is -0.176. The van der Waals surface area contributed by atoms with E-state index in [1.54, 1.807) is 4.57 Å². The van der Waals surface area contributed by atoms with Crippen molar-refractivity contribution in [3.63, 3.8) is 0 Å². The molecule has 2 aromatic carbocycles. The second-order valence-corrected chi connectivity index (χ2v) is 4.74. The smallest absolute Gasteiger partial charge is 0.313 e. The van der Waals surface area contributed by atoms with Crippen LogP contribution in [0.5, 0.6) is 0 Å². The highest BCUT2D eigenvalue weighted by atomic mass is 16.1. The summed E-state index contributed by atoms with van der Waals surface area (Å²) in [6.45, 7) is 0. The molecule has 4 aromatic rings. The Labute approximate surface area is 114 Å². The van der Waals surface area contributed by atoms with Gasteiger partial charge in [0.15, 0.2) is 0 Å². The molecule has 0 aliphatic carbocycles. The highest BCUT2D eigenvalue weighted by Gasteiger charge is 2.14. The van der Waals surface area contributed by atoms with E-state index in [0.29, 0.717) is 5.95 Å². The Morgan fingerprint density at radius 1 is 1.00 bits per heavy atom. The Bertz CT molecular complexity index is 990. The van der Waals surface area contributed by atoms with Crippen molar-refractivity contribution in [1.82, 2.24) is 19.1 Å². The van der Waals surface area contributed by atoms with Crippen LogP contribution in [0.15, 0.2) is 53.3 Å². The average Bonchev–Trinajstić information content (AvgIpc) is 2.96. The Balaban J connectivity index is 2.14. The third-order valence-electron chi connectivity index (χ3n) is 3.55. The lowest BCUT2D eigenvalue weighted by Crippen LogP contribution is -2.18. The molecule has 5 heteroatoms. The van der Waals surface area contributed by atoms with Crippen LogP contribution in [0.4, 0.5) is 0 Å². The molecule has 0 radical (unpaired) electrons. The number of aromatic amines is 1. The maximum atomic E-state index is 12.2. The summed E-state index contributed by atoms with van der Waals surface area (Å²) in [5.74, 6) is 0.619. The van der Waals surface area contributed by atoms with Crippen molar-refractivity contribution in [3.8, 4) is 5.95 Å². The van der Waals surface area contributed by atoms with Crippen molar-refractivity contribution in [2.45, 2.75) is 0 Å². The van der Waals surface area contributed by atoms with Crippen LogP contribution in [-0.4, -0.2) is 19.1 Å². The molecule has 0 saturated heterocycles. The highest BCUT2D eigenvalue weighted by Crippen LogP contribution is 2.19. The molecule has 2 aromatic heterocycles. The minimum absolute atomic E-state index is 0.176. The van der Waals surface area contributed by atoms with Gasteiger partial charge in [-0.3, -0.25) is 0 Å². The zero-order chi connectivity index (χ0) is 13.7. The lowest BCUT2D eigenvalue weighted by Gasteiger charge is -2.03. The normalized spacial score (nSPS) is 11.4. The third-order valence-corrected chi connectivity index (χ3v) is 3.55. The van der Waals surface area contributed by atoms with Gasteiger partial charge in [-0.05, 0) is 24.3 Å². The summed E-state index contributed by atoms with van der Waals surface area (Å²) in [7, 11) is 1.92. The van der Waals surface area contributed by atoms with Crippen LogP contribution in [-0.2, 0) is 7.05 Å². The minimum Gasteiger partial charge on any atom is -0.313 e. The van der Waals surface area contributed by atoms with Crippen molar-refractivity contribution in [2.24, 2.45) is 7.05 Å². The van der Waals surface area contributed by atoms with Crippen LogP contribution in [0.1, 0.15) is 0 Å². The van der Waals surface area contributed by atoms with E-state index >= 15 is 0 Å². The second-order valence-electron chi connectivity index (χ2n) is 4.74. The second kappa shape index (κ2) is 3.84. The molecule has 0 unspecified atom stereocenters. The number of aryl methyl sites for hydroxylation is 1. The summed E-state index contributed by atoms with van der Waals surface area (Å²) in [6.07, 6.45) is 0. The highest BCUT2D eigenvalue weighted by molar-refractivity contribution is 5.80. The van der Waals surface area contributed by atoms with Crippen LogP contribution in [0.25, 0.3) is 28.0 Å². The summed E-state index contributed by atoms with van der Waals surface area (Å²) >= 11 is 0. The zero-order valence-corrected chi connectivity index (χ0v) is 10.9. The number of rotatable bonds is 1. The largest absolute Gasteiger partial charge is 0.333 e. The Kier molecular flexibility index (Phi) is 2.12. The molecule has 0 fully saturated rings. The van der Waals surface area contributed by atoms with Gasteiger partial charge in [-0.2, -0.15) is 0 Å². The van der Waals surface area contributed by atoms with Gasteiger partial charge in [0.25, 0.3) is 0 Å². The maximum absolute atomic E-state index is 12.2. The number of para-hydroxylation sites is 4. The fourth-order valence-corrected chi connectivity index (χ4v) is 2.59. The topological polar surface area (TPSA) is 55.6 Å². The molecule has 0 bridgehead atoms. The monoisotopic (exact) mass is 264 g/mol. The van der Waals surface area contributed by atoms with Crippen LogP contribution in [0.3, 0.4) is 0 Å². The van der Waals surface area contributed by atoms with E-state index in [4.69, 9.17) is 0 Å². The van der Waals surface area contributed by atoms with Gasteiger partial charge in [0, 0.05) is 7.05 Å². The number of fused-ring (bicyclic) bond motifs is 2. The molecule has 0 aliphatic rings. The average molecular weight is 264 g/mol. The SMILES string of the molecule is Cn1c(-n2c(=O)[nH]c3ccccc32)nc2ccccc21. The molecular formula is C15H12N4O. The number of hydrogen-bond donors (Lipinski definition) is 1. The summed E-state index contributed by atoms with van der Waals surface area (Å²) in [6, 6.07) is 15.4. The molecule has 98 valence electrons. The van der Waals surface area contributed by atoms with Crippen molar-refractivity contribution in [2.75, 3.05) is 0 Å². The van der Waals surface area contributed by atoms with Crippen molar-refractivity contribution < 1.29 is 0 Å². The Hall–Kier alpha value is -2.82. The molecule has 2 heterocycles. The van der Waals surface area contributed by atoms with Gasteiger partial charge in [-0.25, -0.2) is 14.3 Å². The zero-order valence-electron chi connectivity index (χ0n) is 10.9. The molecule has 0 aliphatic heterocycles. The summed E-state index contributed by atoms with van der Waals surface area (Å²) in [5.41, 5.74) is 3.34. The van der Waals surface area contributed by atoms with Crippen molar-refractivity contribution >= 4 is 22.1 Å². The van der Waals surface area contributed by atoms with Crippen LogP contribution >= 0.6 is 0 Å². The van der Waals surface area contributed by atoms with E-state index < -0.39 is 0 Å². The lowest BCUT2D eigenvalue weighted by molar-refractivity contribution is 0.830. The number of nitrogens with zero attached hydrogens (tertiary/aromatic N) is 3. The Morgan fingerprint density at radius 3 is 2.50 bits per heavy atom. The fourth-order valence-electron chi connectivity index (χ4n) is 2.59. The molecule has 20 heavy (non-hydrogen) atoms. The number of nitrogens with one attached hydrogen (secondary N) is 1.